The third-order valence-corrected chi connectivity index (χ3v) is 5.63. The molecule has 4 aromatic rings. The molecular weight excluding hydrogens is 385 g/mol. The van der Waals surface area contributed by atoms with E-state index in [0.717, 1.165) is 17.0 Å². The van der Waals surface area contributed by atoms with Gasteiger partial charge in [-0.25, -0.2) is 14.4 Å². The van der Waals surface area contributed by atoms with Crippen molar-refractivity contribution >= 4 is 11.2 Å². The van der Waals surface area contributed by atoms with Gasteiger partial charge in [-0.1, -0.05) is 0 Å². The summed E-state index contributed by atoms with van der Waals surface area (Å²) in [5, 5.41) is 4.46. The van der Waals surface area contributed by atoms with Crippen molar-refractivity contribution in [2.24, 2.45) is 13.0 Å². The molecule has 4 heterocycles. The Hall–Kier alpha value is -3.26. The van der Waals surface area contributed by atoms with Gasteiger partial charge in [-0.15, -0.1) is 0 Å². The molecule has 0 unspecified atom stereocenters. The second kappa shape index (κ2) is 7.21. The van der Waals surface area contributed by atoms with Crippen molar-refractivity contribution in [2.75, 3.05) is 19.8 Å². The highest BCUT2D eigenvalue weighted by Crippen LogP contribution is 2.39. The summed E-state index contributed by atoms with van der Waals surface area (Å²) in [6, 6.07) is 5.30. The van der Waals surface area contributed by atoms with Gasteiger partial charge in [0, 0.05) is 47.1 Å². The van der Waals surface area contributed by atoms with E-state index in [-0.39, 0.29) is 5.82 Å². The second-order valence-corrected chi connectivity index (χ2v) is 7.68. The molecule has 0 saturated carbocycles. The first-order chi connectivity index (χ1) is 14.5. The monoisotopic (exact) mass is 407 g/mol. The largest absolute Gasteiger partial charge is 0.493 e. The third-order valence-electron chi connectivity index (χ3n) is 5.63. The summed E-state index contributed by atoms with van der Waals surface area (Å²) in [6.07, 6.45) is 3.20. The van der Waals surface area contributed by atoms with E-state index in [1.807, 2.05) is 20.9 Å². The molecule has 0 bridgehead atoms. The summed E-state index contributed by atoms with van der Waals surface area (Å²) in [4.78, 5) is 11.5. The summed E-state index contributed by atoms with van der Waals surface area (Å²) >= 11 is 0. The number of aromatic nitrogens is 5. The van der Waals surface area contributed by atoms with E-state index in [4.69, 9.17) is 9.47 Å². The maximum absolute atomic E-state index is 15.9. The van der Waals surface area contributed by atoms with Gasteiger partial charge in [0.2, 0.25) is 0 Å². The van der Waals surface area contributed by atoms with Gasteiger partial charge in [-0.05, 0) is 32.0 Å². The highest BCUT2D eigenvalue weighted by Gasteiger charge is 2.23. The van der Waals surface area contributed by atoms with Crippen molar-refractivity contribution in [2.45, 2.75) is 13.8 Å². The predicted octanol–water partition coefficient (Wildman–Crippen LogP) is 3.81. The first-order valence-electron chi connectivity index (χ1n) is 9.86. The van der Waals surface area contributed by atoms with E-state index in [1.165, 1.54) is 0 Å². The molecule has 7 nitrogen and oxygen atoms in total. The average Bonchev–Trinajstić information content (AvgIpc) is 3.26. The molecule has 0 aliphatic carbocycles. The highest BCUT2D eigenvalue weighted by atomic mass is 19.1. The number of aromatic amines is 1. The molecule has 0 atom stereocenters. The summed E-state index contributed by atoms with van der Waals surface area (Å²) in [5.74, 6) is 0.653. The number of fused-ring (bicyclic) bond motifs is 1. The molecule has 1 aliphatic heterocycles. The van der Waals surface area contributed by atoms with Crippen LogP contribution in [0.4, 0.5) is 4.39 Å². The van der Waals surface area contributed by atoms with E-state index in [9.17, 15) is 0 Å². The fraction of sp³-hybridized carbons (Fsp3) is 0.318. The molecule has 1 aromatic carbocycles. The Balaban J connectivity index is 1.70. The maximum Gasteiger partial charge on any atom is 0.178 e. The number of halogens is 1. The van der Waals surface area contributed by atoms with Crippen LogP contribution in [0.3, 0.4) is 0 Å². The lowest BCUT2D eigenvalue weighted by molar-refractivity contribution is -0.0508. The van der Waals surface area contributed by atoms with Crippen molar-refractivity contribution in [3.63, 3.8) is 0 Å². The number of nitrogens with zero attached hydrogens (tertiary/aromatic N) is 4. The quantitative estimate of drug-likeness (QED) is 0.544. The van der Waals surface area contributed by atoms with Crippen molar-refractivity contribution in [3.05, 3.63) is 47.9 Å². The van der Waals surface area contributed by atoms with Crippen molar-refractivity contribution in [1.82, 2.24) is 24.7 Å². The van der Waals surface area contributed by atoms with Gasteiger partial charge < -0.3 is 14.5 Å². The lowest BCUT2D eigenvalue weighted by atomic mass is 9.96. The number of H-pyrrole nitrogens is 1. The maximum atomic E-state index is 15.9. The molecule has 154 valence electrons. The molecule has 1 aliphatic rings. The number of ether oxygens (including phenoxy) is 2. The van der Waals surface area contributed by atoms with Crippen LogP contribution in [0.5, 0.6) is 5.75 Å². The van der Waals surface area contributed by atoms with Gasteiger partial charge in [0.05, 0.1) is 37.4 Å². The minimum absolute atomic E-state index is 0.323. The minimum Gasteiger partial charge on any atom is -0.493 e. The van der Waals surface area contributed by atoms with Gasteiger partial charge in [-0.3, -0.25) is 4.68 Å². The Morgan fingerprint density at radius 3 is 2.70 bits per heavy atom. The van der Waals surface area contributed by atoms with E-state index in [2.05, 4.69) is 20.1 Å². The molecule has 0 amide bonds. The van der Waals surface area contributed by atoms with Crippen LogP contribution in [0.25, 0.3) is 33.4 Å². The van der Waals surface area contributed by atoms with E-state index >= 15 is 4.39 Å². The molecule has 1 N–H and O–H groups in total. The van der Waals surface area contributed by atoms with Crippen molar-refractivity contribution in [3.8, 4) is 28.0 Å². The topological polar surface area (TPSA) is 77.8 Å². The molecule has 30 heavy (non-hydrogen) atoms. The lowest BCUT2D eigenvalue weighted by Gasteiger charge is -2.26. The van der Waals surface area contributed by atoms with Crippen LogP contribution in [0.15, 0.2) is 30.7 Å². The first kappa shape index (κ1) is 18.7. The van der Waals surface area contributed by atoms with Crippen molar-refractivity contribution in [1.29, 1.82) is 0 Å². The van der Waals surface area contributed by atoms with Crippen LogP contribution < -0.4 is 4.74 Å². The SMILES string of the molecule is Cc1nn(C)c(C)c1-c1cc(OCC2COC2)cc(-c2ccnc3nc[nH]c23)c1F. The highest BCUT2D eigenvalue weighted by molar-refractivity contribution is 5.91. The van der Waals surface area contributed by atoms with Crippen molar-refractivity contribution < 1.29 is 13.9 Å². The Labute approximate surface area is 172 Å². The number of pyridine rings is 1. The van der Waals surface area contributed by atoms with Crippen LogP contribution in [0.2, 0.25) is 0 Å². The third kappa shape index (κ3) is 3.04. The molecular formula is C22H22FN5O2. The van der Waals surface area contributed by atoms with Gasteiger partial charge in [0.15, 0.2) is 5.65 Å². The van der Waals surface area contributed by atoms with Gasteiger partial charge >= 0.3 is 0 Å². The minimum atomic E-state index is -0.323. The molecule has 8 heteroatoms. The summed E-state index contributed by atoms with van der Waals surface area (Å²) in [5.41, 5.74) is 5.27. The normalized spacial score (nSPS) is 14.3. The molecule has 5 rings (SSSR count). The second-order valence-electron chi connectivity index (χ2n) is 7.68. The van der Waals surface area contributed by atoms with Crippen LogP contribution in [-0.2, 0) is 11.8 Å². The van der Waals surface area contributed by atoms with E-state index in [0.29, 0.717) is 59.3 Å². The summed E-state index contributed by atoms with van der Waals surface area (Å²) < 4.78 is 29.0. The molecule has 1 fully saturated rings. The standard InChI is InChI=1S/C22H22FN5O2/c1-12-19(13(2)28(3)27-12)18-7-15(30-10-14-8-29-9-14)6-17(20(18)23)16-4-5-24-22-21(16)25-11-26-22/h4-7,11,14H,8-10H2,1-3H3,(H,24,25,26). The van der Waals surface area contributed by atoms with Gasteiger partial charge in [0.25, 0.3) is 0 Å². The number of benzene rings is 1. The smallest absolute Gasteiger partial charge is 0.178 e. The Morgan fingerprint density at radius 1 is 1.20 bits per heavy atom. The van der Waals surface area contributed by atoms with Crippen LogP contribution in [0.1, 0.15) is 11.4 Å². The number of aryl methyl sites for hydroxylation is 2. The predicted molar refractivity (Wildman–Crippen MR) is 111 cm³/mol. The molecule has 0 spiro atoms. The van der Waals surface area contributed by atoms with Gasteiger partial charge in [0.1, 0.15) is 11.6 Å². The zero-order valence-corrected chi connectivity index (χ0v) is 17.1. The lowest BCUT2D eigenvalue weighted by Crippen LogP contribution is -2.32. The number of imidazole rings is 1. The van der Waals surface area contributed by atoms with E-state index < -0.39 is 0 Å². The average molecular weight is 407 g/mol. The number of hydrogen-bond donors (Lipinski definition) is 1. The molecule has 1 saturated heterocycles. The summed E-state index contributed by atoms with van der Waals surface area (Å²) in [6.45, 7) is 5.75. The van der Waals surface area contributed by atoms with Gasteiger partial charge in [-0.2, -0.15) is 5.10 Å². The number of nitrogens with one attached hydrogen (secondary N) is 1. The first-order valence-corrected chi connectivity index (χ1v) is 9.86. The fourth-order valence-electron chi connectivity index (χ4n) is 3.89. The number of hydrogen-bond acceptors (Lipinski definition) is 5. The van der Waals surface area contributed by atoms with Crippen LogP contribution in [-0.4, -0.2) is 44.6 Å². The molecule has 0 radical (unpaired) electrons. The molecule has 3 aromatic heterocycles. The number of rotatable bonds is 5. The van der Waals surface area contributed by atoms with Crippen LogP contribution >= 0.6 is 0 Å². The summed E-state index contributed by atoms with van der Waals surface area (Å²) in [7, 11) is 1.86. The van der Waals surface area contributed by atoms with E-state index in [1.54, 1.807) is 35.4 Å². The fourth-order valence-corrected chi connectivity index (χ4v) is 3.89. The Kier molecular flexibility index (Phi) is 4.51. The van der Waals surface area contributed by atoms with Crippen LogP contribution in [0, 0.1) is 25.6 Å². The zero-order chi connectivity index (χ0) is 20.8. The Bertz CT molecular complexity index is 1240. The zero-order valence-electron chi connectivity index (χ0n) is 17.1. The Morgan fingerprint density at radius 2 is 2.00 bits per heavy atom.